The summed E-state index contributed by atoms with van der Waals surface area (Å²) in [4.78, 5) is 11.6. The Kier molecular flexibility index (Phi) is 8.02. The highest BCUT2D eigenvalue weighted by molar-refractivity contribution is 7.90. The molecule has 1 fully saturated rings. The fourth-order valence-electron chi connectivity index (χ4n) is 3.84. The third kappa shape index (κ3) is 7.10. The predicted molar refractivity (Wildman–Crippen MR) is 111 cm³/mol. The maximum Gasteiger partial charge on any atom is 0.389 e. The summed E-state index contributed by atoms with van der Waals surface area (Å²) in [5.41, 5.74) is 0.0579. The van der Waals surface area contributed by atoms with E-state index in [1.54, 1.807) is 32.9 Å². The van der Waals surface area contributed by atoms with Gasteiger partial charge in [-0.2, -0.15) is 13.2 Å². The number of alkyl halides is 3. The van der Waals surface area contributed by atoms with Crippen molar-refractivity contribution in [2.45, 2.75) is 63.8 Å². The molecule has 176 valence electrons. The Labute approximate surface area is 181 Å². The number of halogens is 3. The van der Waals surface area contributed by atoms with E-state index in [0.29, 0.717) is 18.6 Å². The first-order chi connectivity index (χ1) is 14.2. The highest BCUT2D eigenvalue weighted by Crippen LogP contribution is 2.34. The Morgan fingerprint density at radius 1 is 1.16 bits per heavy atom. The molecule has 1 aliphatic heterocycles. The molecular weight excluding hydrogens is 435 g/mol. The SMILES string of the molecule is CC(C)(C)C(C(=O)O)S(=O)(=O)N1CCC(c2ccc(OCCCC(F)(F)F)cc2)CC1. The van der Waals surface area contributed by atoms with Crippen molar-refractivity contribution in [3.63, 3.8) is 0 Å². The number of piperidine rings is 1. The molecule has 0 aliphatic carbocycles. The van der Waals surface area contributed by atoms with Crippen LogP contribution in [0.5, 0.6) is 5.75 Å². The summed E-state index contributed by atoms with van der Waals surface area (Å²) in [7, 11) is -3.98. The fraction of sp³-hybridized carbons (Fsp3) is 0.667. The van der Waals surface area contributed by atoms with Crippen molar-refractivity contribution in [2.24, 2.45) is 5.41 Å². The molecule has 1 unspecified atom stereocenters. The van der Waals surface area contributed by atoms with Gasteiger partial charge in [0.15, 0.2) is 5.25 Å². The van der Waals surface area contributed by atoms with Gasteiger partial charge in [-0.15, -0.1) is 0 Å². The Bertz CT molecular complexity index is 839. The molecule has 0 radical (unpaired) electrons. The summed E-state index contributed by atoms with van der Waals surface area (Å²) in [6.45, 7) is 5.26. The average Bonchev–Trinajstić information content (AvgIpc) is 2.63. The van der Waals surface area contributed by atoms with Gasteiger partial charge in [0.1, 0.15) is 5.75 Å². The number of carboxylic acids is 1. The number of carboxylic acid groups (broad SMARTS) is 1. The zero-order valence-electron chi connectivity index (χ0n) is 18.0. The highest BCUT2D eigenvalue weighted by atomic mass is 32.2. The minimum atomic E-state index is -4.19. The Morgan fingerprint density at radius 3 is 2.16 bits per heavy atom. The maximum atomic E-state index is 12.9. The van der Waals surface area contributed by atoms with Crippen LogP contribution in [-0.2, 0) is 14.8 Å². The van der Waals surface area contributed by atoms with Gasteiger partial charge in [-0.25, -0.2) is 12.7 Å². The lowest BCUT2D eigenvalue weighted by atomic mass is 9.90. The maximum absolute atomic E-state index is 12.9. The van der Waals surface area contributed by atoms with Crippen molar-refractivity contribution in [2.75, 3.05) is 19.7 Å². The molecule has 1 aromatic rings. The van der Waals surface area contributed by atoms with Crippen LogP contribution in [0.2, 0.25) is 0 Å². The smallest absolute Gasteiger partial charge is 0.389 e. The van der Waals surface area contributed by atoms with Gasteiger partial charge in [-0.3, -0.25) is 4.79 Å². The van der Waals surface area contributed by atoms with Crippen LogP contribution in [0.1, 0.15) is 57.9 Å². The van der Waals surface area contributed by atoms with Crippen molar-refractivity contribution in [1.29, 1.82) is 0 Å². The largest absolute Gasteiger partial charge is 0.494 e. The van der Waals surface area contributed by atoms with E-state index < -0.39 is 39.3 Å². The lowest BCUT2D eigenvalue weighted by Gasteiger charge is -2.36. The summed E-state index contributed by atoms with van der Waals surface area (Å²) in [5.74, 6) is -0.746. The molecule has 0 bridgehead atoms. The molecule has 0 aromatic heterocycles. The van der Waals surface area contributed by atoms with E-state index in [0.717, 1.165) is 5.56 Å². The van der Waals surface area contributed by atoms with Crippen LogP contribution in [0.4, 0.5) is 13.2 Å². The number of hydrogen-bond acceptors (Lipinski definition) is 4. The Balaban J connectivity index is 1.93. The van der Waals surface area contributed by atoms with Crippen LogP contribution in [-0.4, -0.2) is 54.9 Å². The zero-order chi connectivity index (χ0) is 23.4. The number of benzene rings is 1. The van der Waals surface area contributed by atoms with Gasteiger partial charge in [-0.05, 0) is 48.3 Å². The molecule has 1 aliphatic rings. The third-order valence-electron chi connectivity index (χ3n) is 5.35. The minimum Gasteiger partial charge on any atom is -0.494 e. The molecule has 10 heteroatoms. The molecule has 1 N–H and O–H groups in total. The molecule has 1 atom stereocenters. The molecule has 0 amide bonds. The molecule has 2 rings (SSSR count). The van der Waals surface area contributed by atoms with Crippen LogP contribution >= 0.6 is 0 Å². The van der Waals surface area contributed by atoms with Gasteiger partial charge in [0.25, 0.3) is 0 Å². The van der Waals surface area contributed by atoms with Gasteiger partial charge in [0, 0.05) is 19.5 Å². The first-order valence-corrected chi connectivity index (χ1v) is 11.7. The van der Waals surface area contributed by atoms with E-state index in [9.17, 15) is 31.5 Å². The third-order valence-corrected chi connectivity index (χ3v) is 7.94. The minimum absolute atomic E-state index is 0.0202. The number of hydrogen-bond donors (Lipinski definition) is 1. The molecular formula is C21H30F3NO5S. The monoisotopic (exact) mass is 465 g/mol. The molecule has 0 spiro atoms. The van der Waals surface area contributed by atoms with Crippen LogP contribution in [0.15, 0.2) is 24.3 Å². The van der Waals surface area contributed by atoms with Crippen molar-refractivity contribution < 1.29 is 36.2 Å². The van der Waals surface area contributed by atoms with E-state index in [2.05, 4.69) is 0 Å². The molecule has 0 saturated carbocycles. The van der Waals surface area contributed by atoms with Crippen molar-refractivity contribution >= 4 is 16.0 Å². The van der Waals surface area contributed by atoms with Crippen LogP contribution in [0.25, 0.3) is 0 Å². The summed E-state index contributed by atoms with van der Waals surface area (Å²) in [6, 6.07) is 7.07. The summed E-state index contributed by atoms with van der Waals surface area (Å²) >= 11 is 0. The number of nitrogens with zero attached hydrogens (tertiary/aromatic N) is 1. The first-order valence-electron chi connectivity index (χ1n) is 10.2. The second-order valence-corrected chi connectivity index (χ2v) is 11.0. The van der Waals surface area contributed by atoms with Crippen molar-refractivity contribution in [3.05, 3.63) is 29.8 Å². The van der Waals surface area contributed by atoms with Crippen LogP contribution < -0.4 is 4.74 Å². The van der Waals surface area contributed by atoms with E-state index in [-0.39, 0.29) is 32.0 Å². The summed E-state index contributed by atoms with van der Waals surface area (Å²) < 4.78 is 68.9. The number of aliphatic carboxylic acids is 1. The zero-order valence-corrected chi connectivity index (χ0v) is 18.8. The number of ether oxygens (including phenoxy) is 1. The molecule has 1 heterocycles. The van der Waals surface area contributed by atoms with Crippen LogP contribution in [0, 0.1) is 5.41 Å². The van der Waals surface area contributed by atoms with E-state index in [1.807, 2.05) is 12.1 Å². The standard InChI is InChI=1S/C21H30F3NO5S/c1-20(2,3)18(19(26)27)31(28,29)25-12-9-16(10-13-25)15-5-7-17(8-6-15)30-14-4-11-21(22,23)24/h5-8,16,18H,4,9-14H2,1-3H3,(H,26,27). The normalized spacial score (nSPS) is 18.0. The average molecular weight is 466 g/mol. The summed E-state index contributed by atoms with van der Waals surface area (Å²) in [6.07, 6.45) is -4.06. The molecule has 31 heavy (non-hydrogen) atoms. The van der Waals surface area contributed by atoms with Gasteiger partial charge in [-0.1, -0.05) is 32.9 Å². The number of carbonyl (C=O) groups is 1. The molecule has 6 nitrogen and oxygen atoms in total. The first kappa shape index (κ1) is 25.5. The number of rotatable bonds is 8. The fourth-order valence-corrected chi connectivity index (χ4v) is 6.00. The van der Waals surface area contributed by atoms with E-state index >= 15 is 0 Å². The topological polar surface area (TPSA) is 83.9 Å². The predicted octanol–water partition coefficient (Wildman–Crippen LogP) is 4.42. The quantitative estimate of drug-likeness (QED) is 0.575. The second kappa shape index (κ2) is 9.77. The lowest BCUT2D eigenvalue weighted by molar-refractivity contribution is -0.138. The second-order valence-electron chi connectivity index (χ2n) is 8.94. The van der Waals surface area contributed by atoms with Crippen molar-refractivity contribution in [3.8, 4) is 5.75 Å². The van der Waals surface area contributed by atoms with Gasteiger partial charge < -0.3 is 9.84 Å². The van der Waals surface area contributed by atoms with Gasteiger partial charge in [0.2, 0.25) is 10.0 Å². The molecule has 1 saturated heterocycles. The van der Waals surface area contributed by atoms with Gasteiger partial charge in [0.05, 0.1) is 6.61 Å². The Morgan fingerprint density at radius 2 is 1.71 bits per heavy atom. The number of sulfonamides is 1. The lowest BCUT2D eigenvalue weighted by Crippen LogP contribution is -2.51. The van der Waals surface area contributed by atoms with Crippen LogP contribution in [0.3, 0.4) is 0 Å². The van der Waals surface area contributed by atoms with E-state index in [4.69, 9.17) is 4.74 Å². The molecule has 1 aromatic carbocycles. The highest BCUT2D eigenvalue weighted by Gasteiger charge is 2.46. The Hall–Kier alpha value is -1.81. The summed E-state index contributed by atoms with van der Waals surface area (Å²) in [5, 5.41) is 7.97. The van der Waals surface area contributed by atoms with E-state index in [1.165, 1.54) is 4.31 Å². The van der Waals surface area contributed by atoms with Crippen molar-refractivity contribution in [1.82, 2.24) is 4.31 Å². The van der Waals surface area contributed by atoms with Gasteiger partial charge >= 0.3 is 12.1 Å².